The fourth-order valence-corrected chi connectivity index (χ4v) is 4.29. The van der Waals surface area contributed by atoms with Crippen molar-refractivity contribution in [2.24, 2.45) is 5.92 Å². The molecule has 0 aromatic rings. The van der Waals surface area contributed by atoms with Crippen molar-refractivity contribution < 1.29 is 13.5 Å². The van der Waals surface area contributed by atoms with Gasteiger partial charge in [-0.2, -0.15) is 17.0 Å². The van der Waals surface area contributed by atoms with Crippen LogP contribution in [0.1, 0.15) is 25.7 Å². The van der Waals surface area contributed by atoms with Crippen molar-refractivity contribution in [3.63, 3.8) is 0 Å². The molecule has 0 saturated carbocycles. The van der Waals surface area contributed by atoms with E-state index in [1.807, 2.05) is 0 Å². The molecular formula is C10H20N2O3S. The first-order valence-electron chi connectivity index (χ1n) is 6.00. The topological polar surface area (TPSA) is 60.9 Å². The summed E-state index contributed by atoms with van der Waals surface area (Å²) in [5, 5.41) is 8.85. The Morgan fingerprint density at radius 2 is 1.81 bits per heavy atom. The average molecular weight is 248 g/mol. The van der Waals surface area contributed by atoms with E-state index in [9.17, 15) is 8.42 Å². The zero-order valence-electron chi connectivity index (χ0n) is 9.51. The Labute approximate surface area is 97.2 Å². The van der Waals surface area contributed by atoms with E-state index in [1.54, 1.807) is 8.61 Å². The van der Waals surface area contributed by atoms with Crippen LogP contribution in [0.25, 0.3) is 0 Å². The second kappa shape index (κ2) is 5.00. The Kier molecular flexibility index (Phi) is 3.84. The van der Waals surface area contributed by atoms with Crippen LogP contribution in [-0.2, 0) is 10.2 Å². The van der Waals surface area contributed by atoms with E-state index in [0.29, 0.717) is 38.5 Å². The summed E-state index contributed by atoms with van der Waals surface area (Å²) in [6, 6.07) is 0. The van der Waals surface area contributed by atoms with Crippen molar-refractivity contribution in [1.82, 2.24) is 8.61 Å². The third-order valence-electron chi connectivity index (χ3n) is 3.50. The Balaban J connectivity index is 1.97. The van der Waals surface area contributed by atoms with Gasteiger partial charge in [-0.3, -0.25) is 0 Å². The van der Waals surface area contributed by atoms with E-state index in [4.69, 9.17) is 5.11 Å². The van der Waals surface area contributed by atoms with E-state index in [0.717, 1.165) is 19.3 Å². The highest BCUT2D eigenvalue weighted by Gasteiger charge is 2.36. The van der Waals surface area contributed by atoms with Gasteiger partial charge in [-0.05, 0) is 31.6 Å². The lowest BCUT2D eigenvalue weighted by Crippen LogP contribution is -2.41. The lowest BCUT2D eigenvalue weighted by Gasteiger charge is -2.23. The van der Waals surface area contributed by atoms with Crippen molar-refractivity contribution in [3.05, 3.63) is 0 Å². The average Bonchev–Trinajstić information content (AvgIpc) is 2.88. The van der Waals surface area contributed by atoms with E-state index in [2.05, 4.69) is 0 Å². The number of hydrogen-bond acceptors (Lipinski definition) is 3. The minimum atomic E-state index is -3.20. The molecule has 1 N–H and O–H groups in total. The summed E-state index contributed by atoms with van der Waals surface area (Å²) in [6.45, 7) is 2.69. The first-order chi connectivity index (χ1) is 7.64. The predicted octanol–water partition coefficient (Wildman–Crippen LogP) is 0.0313. The van der Waals surface area contributed by atoms with Crippen LogP contribution in [0.5, 0.6) is 0 Å². The molecule has 94 valence electrons. The number of aliphatic hydroxyl groups is 1. The molecule has 1 atom stereocenters. The molecule has 2 rings (SSSR count). The van der Waals surface area contributed by atoms with Gasteiger partial charge in [-0.1, -0.05) is 0 Å². The van der Waals surface area contributed by atoms with Gasteiger partial charge in [-0.15, -0.1) is 0 Å². The largest absolute Gasteiger partial charge is 0.396 e. The van der Waals surface area contributed by atoms with Crippen LogP contribution in [0.3, 0.4) is 0 Å². The van der Waals surface area contributed by atoms with Crippen LogP contribution in [0.2, 0.25) is 0 Å². The number of rotatable bonds is 4. The summed E-state index contributed by atoms with van der Waals surface area (Å²) in [5.74, 6) is 0.336. The SMILES string of the molecule is O=S(=O)(N1CCCC1)N1CCC(CCO)C1. The minimum absolute atomic E-state index is 0.155. The van der Waals surface area contributed by atoms with Gasteiger partial charge in [0.25, 0.3) is 10.2 Å². The Hall–Kier alpha value is -0.170. The van der Waals surface area contributed by atoms with Crippen molar-refractivity contribution in [2.45, 2.75) is 25.7 Å². The lowest BCUT2D eigenvalue weighted by atomic mass is 10.1. The summed E-state index contributed by atoms with van der Waals surface area (Å²) < 4.78 is 27.5. The molecule has 2 aliphatic heterocycles. The zero-order chi connectivity index (χ0) is 11.6. The molecule has 1 unspecified atom stereocenters. The summed E-state index contributed by atoms with van der Waals surface area (Å²) in [5.41, 5.74) is 0. The summed E-state index contributed by atoms with van der Waals surface area (Å²) in [7, 11) is -3.20. The Bertz CT molecular complexity index is 325. The molecule has 2 fully saturated rings. The zero-order valence-corrected chi connectivity index (χ0v) is 10.3. The van der Waals surface area contributed by atoms with E-state index < -0.39 is 10.2 Å². The number of nitrogens with zero attached hydrogens (tertiary/aromatic N) is 2. The third-order valence-corrected chi connectivity index (χ3v) is 5.51. The molecule has 2 aliphatic rings. The molecule has 0 bridgehead atoms. The quantitative estimate of drug-likeness (QED) is 0.763. The monoisotopic (exact) mass is 248 g/mol. The van der Waals surface area contributed by atoms with Gasteiger partial charge >= 0.3 is 0 Å². The smallest absolute Gasteiger partial charge is 0.281 e. The maximum atomic E-state index is 12.2. The molecule has 6 heteroatoms. The molecule has 0 radical (unpaired) electrons. The van der Waals surface area contributed by atoms with Gasteiger partial charge in [0.2, 0.25) is 0 Å². The molecule has 0 spiro atoms. The molecule has 0 aliphatic carbocycles. The minimum Gasteiger partial charge on any atom is -0.396 e. The van der Waals surface area contributed by atoms with Crippen LogP contribution >= 0.6 is 0 Å². The molecule has 0 aromatic carbocycles. The normalized spacial score (nSPS) is 28.9. The highest BCUT2D eigenvalue weighted by atomic mass is 32.2. The summed E-state index contributed by atoms with van der Waals surface area (Å²) in [4.78, 5) is 0. The van der Waals surface area contributed by atoms with Gasteiger partial charge in [0.1, 0.15) is 0 Å². The van der Waals surface area contributed by atoms with Crippen molar-refractivity contribution in [1.29, 1.82) is 0 Å². The van der Waals surface area contributed by atoms with Crippen molar-refractivity contribution in [2.75, 3.05) is 32.8 Å². The fourth-order valence-electron chi connectivity index (χ4n) is 2.51. The summed E-state index contributed by atoms with van der Waals surface area (Å²) >= 11 is 0. The van der Waals surface area contributed by atoms with Gasteiger partial charge in [-0.25, -0.2) is 0 Å². The van der Waals surface area contributed by atoms with Gasteiger partial charge in [0, 0.05) is 32.8 Å². The maximum absolute atomic E-state index is 12.2. The van der Waals surface area contributed by atoms with Crippen molar-refractivity contribution in [3.8, 4) is 0 Å². The lowest BCUT2D eigenvalue weighted by molar-refractivity contribution is 0.259. The molecular weight excluding hydrogens is 228 g/mol. The highest BCUT2D eigenvalue weighted by molar-refractivity contribution is 7.86. The molecule has 0 aromatic heterocycles. The second-order valence-corrected chi connectivity index (χ2v) is 6.57. The van der Waals surface area contributed by atoms with Crippen LogP contribution < -0.4 is 0 Å². The van der Waals surface area contributed by atoms with E-state index in [1.165, 1.54) is 0 Å². The number of hydrogen-bond donors (Lipinski definition) is 1. The third kappa shape index (κ3) is 2.40. The first kappa shape index (κ1) is 12.3. The van der Waals surface area contributed by atoms with E-state index >= 15 is 0 Å². The van der Waals surface area contributed by atoms with Gasteiger partial charge in [0.15, 0.2) is 0 Å². The molecule has 2 saturated heterocycles. The van der Waals surface area contributed by atoms with Crippen LogP contribution in [0.15, 0.2) is 0 Å². The number of aliphatic hydroxyl groups excluding tert-OH is 1. The molecule has 2 heterocycles. The molecule has 0 amide bonds. The fraction of sp³-hybridized carbons (Fsp3) is 1.00. The van der Waals surface area contributed by atoms with E-state index in [-0.39, 0.29) is 6.61 Å². The predicted molar refractivity (Wildman–Crippen MR) is 61.1 cm³/mol. The van der Waals surface area contributed by atoms with Gasteiger partial charge < -0.3 is 5.11 Å². The highest BCUT2D eigenvalue weighted by Crippen LogP contribution is 2.25. The van der Waals surface area contributed by atoms with Crippen molar-refractivity contribution >= 4 is 10.2 Å². The maximum Gasteiger partial charge on any atom is 0.281 e. The molecule has 16 heavy (non-hydrogen) atoms. The van der Waals surface area contributed by atoms with Gasteiger partial charge in [0.05, 0.1) is 0 Å². The first-order valence-corrected chi connectivity index (χ1v) is 7.40. The molecule has 5 nitrogen and oxygen atoms in total. The Morgan fingerprint density at radius 3 is 2.44 bits per heavy atom. The van der Waals surface area contributed by atoms with Crippen LogP contribution in [-0.4, -0.2) is 54.9 Å². The standard InChI is InChI=1S/C10H20N2O3S/c13-8-4-10-3-7-12(9-10)16(14,15)11-5-1-2-6-11/h10,13H,1-9H2. The second-order valence-electron chi connectivity index (χ2n) is 4.64. The Morgan fingerprint density at radius 1 is 1.12 bits per heavy atom. The summed E-state index contributed by atoms with van der Waals surface area (Å²) in [6.07, 6.45) is 3.56. The van der Waals surface area contributed by atoms with Crippen LogP contribution in [0, 0.1) is 5.92 Å². The van der Waals surface area contributed by atoms with Crippen LogP contribution in [0.4, 0.5) is 0 Å².